The van der Waals surface area contributed by atoms with E-state index in [1.54, 1.807) is 16.9 Å². The molecule has 0 radical (unpaired) electrons. The number of rotatable bonds is 11. The molecule has 0 spiro atoms. The number of unbranched alkanes of at least 4 members (excludes halogenated alkanes) is 1. The summed E-state index contributed by atoms with van der Waals surface area (Å²) in [4.78, 5) is 51.2. The van der Waals surface area contributed by atoms with Gasteiger partial charge in [0.15, 0.2) is 5.69 Å². The highest BCUT2D eigenvalue weighted by atomic mass is 35.5. The van der Waals surface area contributed by atoms with Crippen molar-refractivity contribution in [2.75, 3.05) is 53.1 Å². The summed E-state index contributed by atoms with van der Waals surface area (Å²) in [7, 11) is 1.66. The smallest absolute Gasteiger partial charge is 0.407 e. The van der Waals surface area contributed by atoms with Crippen LogP contribution < -0.4 is 0 Å². The Bertz CT molecular complexity index is 1340. The van der Waals surface area contributed by atoms with E-state index < -0.39 is 29.5 Å². The minimum absolute atomic E-state index is 0.0648. The Labute approximate surface area is 277 Å². The maximum atomic E-state index is 14.9. The molecule has 0 aliphatic carbocycles. The van der Waals surface area contributed by atoms with Gasteiger partial charge in [0, 0.05) is 45.6 Å². The number of imidazole rings is 1. The maximum absolute atomic E-state index is 14.9. The van der Waals surface area contributed by atoms with Gasteiger partial charge in [-0.3, -0.25) is 14.2 Å². The summed E-state index contributed by atoms with van der Waals surface area (Å²) in [6.07, 6.45) is 1.34. The van der Waals surface area contributed by atoms with Crippen LogP contribution in [0.25, 0.3) is 5.69 Å². The molecule has 11 nitrogen and oxygen atoms in total. The van der Waals surface area contributed by atoms with Crippen LogP contribution in [0, 0.1) is 17.3 Å². The van der Waals surface area contributed by atoms with Gasteiger partial charge in [0.25, 0.3) is 5.91 Å². The zero-order chi connectivity index (χ0) is 33.6. The third kappa shape index (κ3) is 8.22. The van der Waals surface area contributed by atoms with Gasteiger partial charge in [0.1, 0.15) is 0 Å². The molecule has 12 heteroatoms. The second-order valence-electron chi connectivity index (χ2n) is 13.8. The molecule has 1 unspecified atom stereocenters. The molecule has 1 N–H and O–H groups in total. The van der Waals surface area contributed by atoms with Crippen LogP contribution in [0.3, 0.4) is 0 Å². The summed E-state index contributed by atoms with van der Waals surface area (Å²) >= 11 is 6.79. The fraction of sp³-hybridized carbons (Fsp3) is 0.647. The second-order valence-corrected chi connectivity index (χ2v) is 14.2. The molecule has 254 valence electrons. The number of carbonyl (C=O) groups excluding carboxylic acids is 2. The zero-order valence-corrected chi connectivity index (χ0v) is 28.8. The van der Waals surface area contributed by atoms with Crippen LogP contribution in [0.5, 0.6) is 0 Å². The van der Waals surface area contributed by atoms with Gasteiger partial charge in [-0.15, -0.1) is 0 Å². The molecule has 1 aromatic heterocycles. The number of nitrogens with zero attached hydrogens (tertiary/aromatic N) is 5. The zero-order valence-electron chi connectivity index (χ0n) is 28.1. The topological polar surface area (TPSA) is 117 Å². The third-order valence-electron chi connectivity index (χ3n) is 8.83. The van der Waals surface area contributed by atoms with Crippen LogP contribution in [-0.4, -0.2) is 112 Å². The Morgan fingerprint density at radius 2 is 1.80 bits per heavy atom. The van der Waals surface area contributed by atoms with Gasteiger partial charge in [-0.1, -0.05) is 52.8 Å². The lowest BCUT2D eigenvalue weighted by molar-refractivity contribution is -0.144. The first kappa shape index (κ1) is 35.7. The van der Waals surface area contributed by atoms with E-state index in [1.165, 1.54) is 4.90 Å². The van der Waals surface area contributed by atoms with Crippen LogP contribution in [0.2, 0.25) is 5.28 Å². The predicted molar refractivity (Wildman–Crippen MR) is 177 cm³/mol. The van der Waals surface area contributed by atoms with Gasteiger partial charge in [0.2, 0.25) is 11.2 Å². The summed E-state index contributed by atoms with van der Waals surface area (Å²) < 4.78 is 12.6. The van der Waals surface area contributed by atoms with E-state index in [1.807, 2.05) is 69.5 Å². The van der Waals surface area contributed by atoms with E-state index in [0.717, 1.165) is 18.5 Å². The number of para-hydroxylation sites is 1. The van der Waals surface area contributed by atoms with E-state index >= 15 is 0 Å². The molecule has 3 atom stereocenters. The van der Waals surface area contributed by atoms with Crippen molar-refractivity contribution in [3.63, 3.8) is 0 Å². The summed E-state index contributed by atoms with van der Waals surface area (Å²) in [5.74, 6) is -0.940. The van der Waals surface area contributed by atoms with Crippen LogP contribution >= 0.6 is 11.6 Å². The number of benzene rings is 1. The highest BCUT2D eigenvalue weighted by Gasteiger charge is 2.50. The number of piperidine rings is 1. The van der Waals surface area contributed by atoms with Crippen LogP contribution in [0.1, 0.15) is 70.1 Å². The fourth-order valence-corrected chi connectivity index (χ4v) is 7.20. The van der Waals surface area contributed by atoms with Crippen molar-refractivity contribution < 1.29 is 29.0 Å². The van der Waals surface area contributed by atoms with Gasteiger partial charge in [0.05, 0.1) is 36.9 Å². The predicted octanol–water partition coefficient (Wildman–Crippen LogP) is 5.24. The number of hydrogen-bond acceptors (Lipinski definition) is 6. The summed E-state index contributed by atoms with van der Waals surface area (Å²) in [5.41, 5.74) is 1.22. The molecular weight excluding hydrogens is 610 g/mol. The number of aromatic nitrogens is 2. The highest BCUT2D eigenvalue weighted by molar-refractivity contribution is 6.29. The van der Waals surface area contributed by atoms with Crippen molar-refractivity contribution in [1.82, 2.24) is 24.3 Å². The number of ether oxygens (including phenoxy) is 2. The monoisotopic (exact) mass is 659 g/mol. The van der Waals surface area contributed by atoms with Gasteiger partial charge in [-0.05, 0) is 60.7 Å². The Kier molecular flexibility index (Phi) is 12.1. The molecule has 4 rings (SSSR count). The van der Waals surface area contributed by atoms with Crippen molar-refractivity contribution in [3.05, 3.63) is 47.0 Å². The summed E-state index contributed by atoms with van der Waals surface area (Å²) in [6.45, 7) is 12.9. The average Bonchev–Trinajstić information content (AvgIpc) is 3.36. The first-order valence-electron chi connectivity index (χ1n) is 16.3. The van der Waals surface area contributed by atoms with Crippen molar-refractivity contribution in [2.24, 2.45) is 17.3 Å². The number of likely N-dealkylation sites (tertiary alicyclic amines) is 1. The van der Waals surface area contributed by atoms with Gasteiger partial charge >= 0.3 is 6.09 Å². The first-order chi connectivity index (χ1) is 21.8. The normalized spacial score (nSPS) is 20.7. The number of halogens is 1. The highest BCUT2D eigenvalue weighted by Crippen LogP contribution is 2.39. The summed E-state index contributed by atoms with van der Waals surface area (Å²) in [6, 6.07) is 8.46. The fourth-order valence-electron chi connectivity index (χ4n) is 6.92. The van der Waals surface area contributed by atoms with Crippen molar-refractivity contribution >= 4 is 29.5 Å². The number of hydrogen-bond donors (Lipinski definition) is 1. The Balaban J connectivity index is 1.81. The largest absolute Gasteiger partial charge is 0.465 e. The lowest BCUT2D eigenvalue weighted by Crippen LogP contribution is -2.66. The second kappa shape index (κ2) is 15.6. The van der Waals surface area contributed by atoms with Crippen LogP contribution in [-0.2, 0) is 20.7 Å². The summed E-state index contributed by atoms with van der Waals surface area (Å²) in [5, 5.41) is 10.7. The molecule has 2 aromatic rings. The Morgan fingerprint density at radius 1 is 1.13 bits per heavy atom. The molecule has 1 aromatic carbocycles. The molecule has 0 bridgehead atoms. The number of methoxy groups -OCH3 is 1. The maximum Gasteiger partial charge on any atom is 0.407 e. The molecule has 3 amide bonds. The van der Waals surface area contributed by atoms with Gasteiger partial charge in [-0.2, -0.15) is 0 Å². The van der Waals surface area contributed by atoms with Crippen molar-refractivity contribution in [1.29, 1.82) is 0 Å². The van der Waals surface area contributed by atoms with Gasteiger partial charge in [-0.25, -0.2) is 9.78 Å². The van der Waals surface area contributed by atoms with Crippen molar-refractivity contribution in [3.8, 4) is 5.69 Å². The number of carboxylic acid groups (broad SMARTS) is 1. The number of amides is 3. The van der Waals surface area contributed by atoms with E-state index in [-0.39, 0.29) is 35.3 Å². The van der Waals surface area contributed by atoms with E-state index in [0.29, 0.717) is 58.0 Å². The van der Waals surface area contributed by atoms with E-state index in [4.69, 9.17) is 21.1 Å². The quantitative estimate of drug-likeness (QED) is 0.328. The van der Waals surface area contributed by atoms with E-state index in [9.17, 15) is 19.5 Å². The minimum atomic E-state index is -1.10. The molecule has 2 aliphatic rings. The molecule has 0 saturated carbocycles. The third-order valence-corrected chi connectivity index (χ3v) is 9.09. The molecule has 46 heavy (non-hydrogen) atoms. The minimum Gasteiger partial charge on any atom is -0.465 e. The van der Waals surface area contributed by atoms with E-state index in [2.05, 4.69) is 4.98 Å². The Morgan fingerprint density at radius 3 is 2.39 bits per heavy atom. The standard InChI is InChI=1S/C34H50ClN5O6/c1-23(2)21-38(31(42)28-26(14-10-11-17-45-6)40(32(35)36-28)25-12-8-7-9-13-25)27-20-24(30(41)37-15-18-46-19-16-37)22-39(33(43)44)29(27)34(3,4)5/h7-9,12-13,23-24,27,29H,10-11,14-22H2,1-6H3,(H,43,44)/t24-,27+,29?/m1/s1. The first-order valence-corrected chi connectivity index (χ1v) is 16.7. The number of carbonyl (C=O) groups is 3. The molecule has 2 saturated heterocycles. The lowest BCUT2D eigenvalue weighted by Gasteiger charge is -2.52. The van der Waals surface area contributed by atoms with Gasteiger partial charge < -0.3 is 29.3 Å². The molecular formula is C34H50ClN5O6. The molecule has 3 heterocycles. The van der Waals surface area contributed by atoms with Crippen LogP contribution in [0.15, 0.2) is 30.3 Å². The molecule has 2 aliphatic heterocycles. The van der Waals surface area contributed by atoms with Crippen molar-refractivity contribution in [2.45, 2.75) is 72.4 Å². The van der Waals surface area contributed by atoms with Crippen LogP contribution in [0.4, 0.5) is 4.79 Å². The SMILES string of the molecule is COCCCCc1c(C(=O)N(CC(C)C)[C@H]2C[C@@H](C(=O)N3CCOCC3)CN(C(=O)O)C2C(C)(C)C)nc(Cl)n1-c1ccccc1. The average molecular weight is 660 g/mol. The number of morpholine rings is 1. The Hall–Kier alpha value is -3.15. The lowest BCUT2D eigenvalue weighted by atomic mass is 9.74. The molecule has 2 fully saturated rings.